The number of nitrogens with zero attached hydrogens (tertiary/aromatic N) is 1. The summed E-state index contributed by atoms with van der Waals surface area (Å²) in [6.07, 6.45) is 7.74. The van der Waals surface area contributed by atoms with Crippen molar-refractivity contribution in [1.29, 1.82) is 0 Å². The van der Waals surface area contributed by atoms with Gasteiger partial charge >= 0.3 is 0 Å². The van der Waals surface area contributed by atoms with Gasteiger partial charge in [-0.3, -0.25) is 4.99 Å². The van der Waals surface area contributed by atoms with Crippen molar-refractivity contribution in [3.63, 3.8) is 0 Å². The lowest BCUT2D eigenvalue weighted by Gasteiger charge is -2.32. The summed E-state index contributed by atoms with van der Waals surface area (Å²) in [4.78, 5) is 4.39. The number of rotatable bonds is 4. The number of benzene rings is 1. The highest BCUT2D eigenvalue weighted by Gasteiger charge is 2.27. The fourth-order valence-electron chi connectivity index (χ4n) is 3.75. The van der Waals surface area contributed by atoms with Crippen molar-refractivity contribution in [2.24, 2.45) is 10.9 Å². The number of guanidine groups is 1. The fourth-order valence-corrected chi connectivity index (χ4v) is 3.75. The lowest BCUT2D eigenvalue weighted by atomic mass is 9.89. The molecule has 5 heteroatoms. The van der Waals surface area contributed by atoms with E-state index in [0.29, 0.717) is 12.0 Å². The standard InChI is InChI=1S/C19H29N3O.HI/c1-20-19(22-17-11-5-6-12-17)21-14-16-10-7-13-23-18(16)15-8-3-2-4-9-15;/h2-4,8-9,16-18H,5-7,10-14H2,1H3,(H2,20,21,22);1H. The molecule has 0 spiro atoms. The van der Waals surface area contributed by atoms with Gasteiger partial charge in [-0.05, 0) is 31.2 Å². The fraction of sp³-hybridized carbons (Fsp3) is 0.632. The van der Waals surface area contributed by atoms with Crippen LogP contribution in [0.2, 0.25) is 0 Å². The van der Waals surface area contributed by atoms with E-state index in [9.17, 15) is 0 Å². The van der Waals surface area contributed by atoms with Gasteiger partial charge in [0.1, 0.15) is 0 Å². The Morgan fingerprint density at radius 1 is 1.12 bits per heavy atom. The minimum absolute atomic E-state index is 0. The van der Waals surface area contributed by atoms with Crippen LogP contribution < -0.4 is 10.6 Å². The van der Waals surface area contributed by atoms with E-state index in [2.05, 4.69) is 46.0 Å². The summed E-state index contributed by atoms with van der Waals surface area (Å²) in [5.74, 6) is 1.43. The molecule has 1 aromatic rings. The van der Waals surface area contributed by atoms with Gasteiger partial charge in [-0.2, -0.15) is 0 Å². The van der Waals surface area contributed by atoms with Gasteiger partial charge in [0.25, 0.3) is 0 Å². The molecule has 0 amide bonds. The van der Waals surface area contributed by atoms with Crippen molar-refractivity contribution in [3.8, 4) is 0 Å². The number of hydrogen-bond acceptors (Lipinski definition) is 2. The topological polar surface area (TPSA) is 45.7 Å². The predicted octanol–water partition coefficient (Wildman–Crippen LogP) is 3.88. The smallest absolute Gasteiger partial charge is 0.191 e. The van der Waals surface area contributed by atoms with Gasteiger partial charge < -0.3 is 15.4 Å². The van der Waals surface area contributed by atoms with Crippen molar-refractivity contribution in [2.45, 2.75) is 50.7 Å². The molecule has 1 aliphatic heterocycles. The Morgan fingerprint density at radius 3 is 2.58 bits per heavy atom. The number of halogens is 1. The second kappa shape index (κ2) is 10.2. The number of aliphatic imine (C=N–C) groups is 1. The summed E-state index contributed by atoms with van der Waals surface area (Å²) in [7, 11) is 1.86. The highest BCUT2D eigenvalue weighted by atomic mass is 127. The first-order chi connectivity index (χ1) is 11.4. The van der Waals surface area contributed by atoms with E-state index in [1.54, 1.807) is 0 Å². The van der Waals surface area contributed by atoms with Crippen LogP contribution in [-0.2, 0) is 4.74 Å². The summed E-state index contributed by atoms with van der Waals surface area (Å²) < 4.78 is 6.08. The largest absolute Gasteiger partial charge is 0.373 e. The molecular weight excluding hydrogens is 413 g/mol. The van der Waals surface area contributed by atoms with Crippen LogP contribution in [0.3, 0.4) is 0 Å². The van der Waals surface area contributed by atoms with Gasteiger partial charge in [0.2, 0.25) is 0 Å². The average molecular weight is 443 g/mol. The normalized spacial score (nSPS) is 25.1. The Morgan fingerprint density at radius 2 is 1.88 bits per heavy atom. The van der Waals surface area contributed by atoms with Crippen molar-refractivity contribution in [3.05, 3.63) is 35.9 Å². The molecule has 2 fully saturated rings. The lowest BCUT2D eigenvalue weighted by molar-refractivity contribution is -0.0265. The molecule has 1 aliphatic carbocycles. The minimum Gasteiger partial charge on any atom is -0.373 e. The summed E-state index contributed by atoms with van der Waals surface area (Å²) in [6, 6.07) is 11.2. The van der Waals surface area contributed by atoms with Crippen LogP contribution in [0.5, 0.6) is 0 Å². The first-order valence-corrected chi connectivity index (χ1v) is 9.00. The molecule has 1 saturated carbocycles. The Bertz CT molecular complexity index is 503. The first-order valence-electron chi connectivity index (χ1n) is 9.00. The molecule has 1 saturated heterocycles. The molecule has 3 rings (SSSR count). The van der Waals surface area contributed by atoms with Crippen LogP contribution in [0.15, 0.2) is 35.3 Å². The van der Waals surface area contributed by atoms with Crippen molar-refractivity contribution < 1.29 is 4.74 Å². The molecule has 2 unspecified atom stereocenters. The zero-order valence-electron chi connectivity index (χ0n) is 14.5. The zero-order chi connectivity index (χ0) is 15.9. The average Bonchev–Trinajstić information content (AvgIpc) is 3.12. The van der Waals surface area contributed by atoms with Gasteiger partial charge in [0.15, 0.2) is 5.96 Å². The summed E-state index contributed by atoms with van der Waals surface area (Å²) in [5.41, 5.74) is 1.29. The second-order valence-corrected chi connectivity index (χ2v) is 6.68. The third-order valence-electron chi connectivity index (χ3n) is 5.02. The van der Waals surface area contributed by atoms with Crippen LogP contribution in [0.4, 0.5) is 0 Å². The monoisotopic (exact) mass is 443 g/mol. The van der Waals surface area contributed by atoms with Crippen LogP contribution in [0, 0.1) is 5.92 Å². The Labute approximate surface area is 162 Å². The van der Waals surface area contributed by atoms with Gasteiger partial charge in [0, 0.05) is 32.2 Å². The van der Waals surface area contributed by atoms with Crippen molar-refractivity contribution in [1.82, 2.24) is 10.6 Å². The van der Waals surface area contributed by atoms with Gasteiger partial charge in [-0.25, -0.2) is 0 Å². The number of nitrogens with one attached hydrogen (secondary N) is 2. The van der Waals surface area contributed by atoms with E-state index in [0.717, 1.165) is 25.5 Å². The molecule has 4 nitrogen and oxygen atoms in total. The number of ether oxygens (including phenoxy) is 1. The molecule has 1 aromatic carbocycles. The van der Waals surface area contributed by atoms with Gasteiger partial charge in [-0.1, -0.05) is 43.2 Å². The summed E-state index contributed by atoms with van der Waals surface area (Å²) in [6.45, 7) is 1.77. The Hall–Kier alpha value is -0.820. The maximum Gasteiger partial charge on any atom is 0.191 e. The molecule has 2 aliphatic rings. The molecule has 2 atom stereocenters. The zero-order valence-corrected chi connectivity index (χ0v) is 16.9. The van der Waals surface area contributed by atoms with E-state index >= 15 is 0 Å². The highest BCUT2D eigenvalue weighted by Crippen LogP contribution is 2.33. The molecule has 134 valence electrons. The maximum absolute atomic E-state index is 6.08. The quantitative estimate of drug-likeness (QED) is 0.422. The Balaban J connectivity index is 0.00000208. The van der Waals surface area contributed by atoms with Crippen molar-refractivity contribution in [2.75, 3.05) is 20.2 Å². The molecule has 0 radical (unpaired) electrons. The van der Waals surface area contributed by atoms with E-state index in [4.69, 9.17) is 4.74 Å². The maximum atomic E-state index is 6.08. The SMILES string of the molecule is CN=C(NCC1CCCOC1c1ccccc1)NC1CCCC1.I. The van der Waals surface area contributed by atoms with Gasteiger partial charge in [0.05, 0.1) is 6.10 Å². The molecule has 0 aromatic heterocycles. The van der Waals surface area contributed by atoms with Crippen LogP contribution in [0.25, 0.3) is 0 Å². The minimum atomic E-state index is 0. The lowest BCUT2D eigenvalue weighted by Crippen LogP contribution is -2.45. The van der Waals surface area contributed by atoms with Crippen LogP contribution in [0.1, 0.15) is 50.2 Å². The molecule has 24 heavy (non-hydrogen) atoms. The van der Waals surface area contributed by atoms with Gasteiger partial charge in [-0.15, -0.1) is 24.0 Å². The van der Waals surface area contributed by atoms with Crippen LogP contribution >= 0.6 is 24.0 Å². The summed E-state index contributed by atoms with van der Waals surface area (Å²) in [5, 5.41) is 7.08. The van der Waals surface area contributed by atoms with E-state index in [1.165, 1.54) is 37.7 Å². The first kappa shape index (κ1) is 19.5. The number of hydrogen-bond donors (Lipinski definition) is 2. The highest BCUT2D eigenvalue weighted by molar-refractivity contribution is 14.0. The van der Waals surface area contributed by atoms with E-state index in [-0.39, 0.29) is 30.1 Å². The molecule has 1 heterocycles. The van der Waals surface area contributed by atoms with Crippen molar-refractivity contribution >= 4 is 29.9 Å². The molecule has 2 N–H and O–H groups in total. The summed E-state index contributed by atoms with van der Waals surface area (Å²) >= 11 is 0. The molecular formula is C19H30IN3O. The Kier molecular flexibility index (Phi) is 8.32. The third-order valence-corrected chi connectivity index (χ3v) is 5.02. The van der Waals surface area contributed by atoms with E-state index in [1.807, 2.05) is 7.05 Å². The predicted molar refractivity (Wildman–Crippen MR) is 110 cm³/mol. The third kappa shape index (κ3) is 5.34. The van der Waals surface area contributed by atoms with E-state index < -0.39 is 0 Å². The second-order valence-electron chi connectivity index (χ2n) is 6.68. The van der Waals surface area contributed by atoms with Crippen LogP contribution in [-0.4, -0.2) is 32.2 Å². The molecule has 0 bridgehead atoms.